The first-order chi connectivity index (χ1) is 15.9. The van der Waals surface area contributed by atoms with Gasteiger partial charge in [-0.25, -0.2) is 4.98 Å². The van der Waals surface area contributed by atoms with E-state index < -0.39 is 5.25 Å². The molecule has 2 aliphatic rings. The molecule has 5 rings (SSSR count). The third-order valence-corrected chi connectivity index (χ3v) is 8.22. The molecule has 1 aliphatic heterocycles. The molecule has 2 atom stereocenters. The largest absolute Gasteiger partial charge is 0.454 e. The number of benzene rings is 1. The Kier molecular flexibility index (Phi) is 5.92. The molecule has 1 N–H and O–H groups in total. The Hall–Kier alpha value is -2.78. The highest BCUT2D eigenvalue weighted by atomic mass is 32.2. The molecule has 0 fully saturated rings. The smallest absolute Gasteiger partial charge is 0.263 e. The second kappa shape index (κ2) is 8.87. The number of thiophene rings is 1. The molecule has 0 spiro atoms. The standard InChI is InChI=1S/C24H25N3O4S2/c1-4-9-27-23(29)20-16-7-5-13(2)10-19(16)33-22(20)26-24(27)32-14(3)21(28)25-15-6-8-17-18(11-15)31-12-30-17/h4,6,8,11,13-14H,1,5,7,9-10,12H2,2-3H3,(H,25,28). The van der Waals surface area contributed by atoms with E-state index in [1.54, 1.807) is 40.2 Å². The molecular weight excluding hydrogens is 458 g/mol. The third-order valence-electron chi connectivity index (χ3n) is 5.98. The molecule has 7 nitrogen and oxygen atoms in total. The number of nitrogens with zero attached hydrogens (tertiary/aromatic N) is 2. The Labute approximate surface area is 199 Å². The zero-order valence-electron chi connectivity index (χ0n) is 18.6. The Bertz CT molecular complexity index is 1310. The van der Waals surface area contributed by atoms with Crippen molar-refractivity contribution in [2.75, 3.05) is 12.1 Å². The number of nitrogens with one attached hydrogen (secondary N) is 1. The van der Waals surface area contributed by atoms with Crippen LogP contribution in [0, 0.1) is 5.92 Å². The van der Waals surface area contributed by atoms with E-state index in [4.69, 9.17) is 14.5 Å². The number of amides is 1. The van der Waals surface area contributed by atoms with Crippen LogP contribution in [0.25, 0.3) is 10.2 Å². The van der Waals surface area contributed by atoms with Crippen molar-refractivity contribution in [1.29, 1.82) is 0 Å². The summed E-state index contributed by atoms with van der Waals surface area (Å²) in [4.78, 5) is 33.2. The molecule has 0 saturated carbocycles. The highest BCUT2D eigenvalue weighted by molar-refractivity contribution is 8.00. The van der Waals surface area contributed by atoms with Gasteiger partial charge in [0.25, 0.3) is 5.56 Å². The Morgan fingerprint density at radius 1 is 1.42 bits per heavy atom. The normalized spacial score (nSPS) is 17.6. The molecule has 2 unspecified atom stereocenters. The van der Waals surface area contributed by atoms with Gasteiger partial charge in [-0.1, -0.05) is 24.8 Å². The van der Waals surface area contributed by atoms with Crippen LogP contribution in [0.5, 0.6) is 11.5 Å². The Balaban J connectivity index is 1.42. The molecule has 0 saturated heterocycles. The number of allylic oxidation sites excluding steroid dienone is 1. The number of thioether (sulfide) groups is 1. The minimum absolute atomic E-state index is 0.0437. The van der Waals surface area contributed by atoms with Crippen LogP contribution in [-0.4, -0.2) is 27.5 Å². The van der Waals surface area contributed by atoms with Gasteiger partial charge in [-0.05, 0) is 49.8 Å². The predicted octanol–water partition coefficient (Wildman–Crippen LogP) is 4.62. The molecule has 0 radical (unpaired) electrons. The lowest BCUT2D eigenvalue weighted by Gasteiger charge is -2.18. The molecule has 1 aromatic carbocycles. The monoisotopic (exact) mass is 483 g/mol. The van der Waals surface area contributed by atoms with E-state index in [1.807, 2.05) is 6.92 Å². The van der Waals surface area contributed by atoms with Crippen LogP contribution >= 0.6 is 23.1 Å². The van der Waals surface area contributed by atoms with Crippen molar-refractivity contribution >= 4 is 44.9 Å². The minimum atomic E-state index is -0.467. The number of anilines is 1. The summed E-state index contributed by atoms with van der Waals surface area (Å²) in [7, 11) is 0. The number of hydrogen-bond donors (Lipinski definition) is 1. The minimum Gasteiger partial charge on any atom is -0.454 e. The van der Waals surface area contributed by atoms with Gasteiger partial charge in [0.2, 0.25) is 12.7 Å². The highest BCUT2D eigenvalue weighted by Crippen LogP contribution is 2.37. The summed E-state index contributed by atoms with van der Waals surface area (Å²) >= 11 is 2.90. The number of fused-ring (bicyclic) bond motifs is 4. The number of carbonyl (C=O) groups is 1. The first kappa shape index (κ1) is 22.0. The number of carbonyl (C=O) groups excluding carboxylic acids is 1. The van der Waals surface area contributed by atoms with Crippen molar-refractivity contribution in [2.45, 2.75) is 50.1 Å². The summed E-state index contributed by atoms with van der Waals surface area (Å²) in [5.41, 5.74) is 1.75. The summed E-state index contributed by atoms with van der Waals surface area (Å²) < 4.78 is 12.3. The highest BCUT2D eigenvalue weighted by Gasteiger charge is 2.26. The van der Waals surface area contributed by atoms with Crippen LogP contribution < -0.4 is 20.3 Å². The lowest BCUT2D eigenvalue weighted by molar-refractivity contribution is -0.115. The average Bonchev–Trinajstić information content (AvgIpc) is 3.39. The summed E-state index contributed by atoms with van der Waals surface area (Å²) in [5.74, 6) is 1.71. The lowest BCUT2D eigenvalue weighted by atomic mass is 9.89. The van der Waals surface area contributed by atoms with Crippen LogP contribution in [0.2, 0.25) is 0 Å². The number of aromatic nitrogens is 2. The quantitative estimate of drug-likeness (QED) is 0.313. The molecular formula is C24H25N3O4S2. The Morgan fingerprint density at radius 2 is 2.24 bits per heavy atom. The van der Waals surface area contributed by atoms with Gasteiger partial charge in [0.1, 0.15) is 4.83 Å². The SMILES string of the molecule is C=CCn1c(SC(C)C(=O)Nc2ccc3c(c2)OCO3)nc2sc3c(c2c1=O)CCC(C)C3. The van der Waals surface area contributed by atoms with Crippen molar-refractivity contribution in [2.24, 2.45) is 5.92 Å². The van der Waals surface area contributed by atoms with Crippen LogP contribution in [0.1, 0.15) is 30.7 Å². The number of rotatable bonds is 6. The molecule has 2 aromatic heterocycles. The van der Waals surface area contributed by atoms with E-state index in [0.717, 1.165) is 35.0 Å². The first-order valence-electron chi connectivity index (χ1n) is 11.0. The van der Waals surface area contributed by atoms with Crippen molar-refractivity contribution in [3.05, 3.63) is 51.6 Å². The van der Waals surface area contributed by atoms with Gasteiger partial charge in [0, 0.05) is 23.2 Å². The van der Waals surface area contributed by atoms with Crippen molar-refractivity contribution < 1.29 is 14.3 Å². The number of ether oxygens (including phenoxy) is 2. The van der Waals surface area contributed by atoms with Gasteiger partial charge in [-0.3, -0.25) is 14.2 Å². The molecule has 33 heavy (non-hydrogen) atoms. The zero-order chi connectivity index (χ0) is 23.1. The molecule has 1 amide bonds. The zero-order valence-corrected chi connectivity index (χ0v) is 20.2. The molecule has 172 valence electrons. The summed E-state index contributed by atoms with van der Waals surface area (Å²) in [6.07, 6.45) is 4.70. The second-order valence-corrected chi connectivity index (χ2v) is 10.8. The van der Waals surface area contributed by atoms with E-state index in [2.05, 4.69) is 18.8 Å². The van der Waals surface area contributed by atoms with Crippen LogP contribution in [0.4, 0.5) is 5.69 Å². The van der Waals surface area contributed by atoms with E-state index in [0.29, 0.717) is 34.8 Å². The van der Waals surface area contributed by atoms with Crippen LogP contribution in [0.3, 0.4) is 0 Å². The third kappa shape index (κ3) is 4.15. The van der Waals surface area contributed by atoms with Gasteiger partial charge in [-0.2, -0.15) is 0 Å². The summed E-state index contributed by atoms with van der Waals surface area (Å²) in [6.45, 7) is 8.39. The second-order valence-electron chi connectivity index (χ2n) is 8.45. The topological polar surface area (TPSA) is 82.5 Å². The average molecular weight is 484 g/mol. The lowest BCUT2D eigenvalue weighted by Crippen LogP contribution is -2.27. The fourth-order valence-electron chi connectivity index (χ4n) is 4.21. The summed E-state index contributed by atoms with van der Waals surface area (Å²) in [5, 5.41) is 3.72. The molecule has 3 aromatic rings. The predicted molar refractivity (Wildman–Crippen MR) is 132 cm³/mol. The Morgan fingerprint density at radius 3 is 3.06 bits per heavy atom. The first-order valence-corrected chi connectivity index (χ1v) is 12.7. The molecule has 9 heteroatoms. The van der Waals surface area contributed by atoms with E-state index in [-0.39, 0.29) is 18.3 Å². The van der Waals surface area contributed by atoms with Gasteiger partial charge < -0.3 is 14.8 Å². The van der Waals surface area contributed by atoms with E-state index in [1.165, 1.54) is 16.6 Å². The van der Waals surface area contributed by atoms with Crippen molar-refractivity contribution in [3.8, 4) is 11.5 Å². The number of aryl methyl sites for hydroxylation is 1. The molecule has 3 heterocycles. The maximum absolute atomic E-state index is 13.4. The van der Waals surface area contributed by atoms with Crippen LogP contribution in [0.15, 0.2) is 40.8 Å². The van der Waals surface area contributed by atoms with Crippen molar-refractivity contribution in [1.82, 2.24) is 9.55 Å². The molecule has 1 aliphatic carbocycles. The summed E-state index contributed by atoms with van der Waals surface area (Å²) in [6, 6.07) is 5.29. The van der Waals surface area contributed by atoms with Gasteiger partial charge >= 0.3 is 0 Å². The van der Waals surface area contributed by atoms with Crippen molar-refractivity contribution in [3.63, 3.8) is 0 Å². The molecule has 0 bridgehead atoms. The maximum atomic E-state index is 13.4. The van der Waals surface area contributed by atoms with Crippen LogP contribution in [-0.2, 0) is 24.2 Å². The van der Waals surface area contributed by atoms with Gasteiger partial charge in [-0.15, -0.1) is 17.9 Å². The van der Waals surface area contributed by atoms with Gasteiger partial charge in [0.15, 0.2) is 16.7 Å². The van der Waals surface area contributed by atoms with E-state index in [9.17, 15) is 9.59 Å². The van der Waals surface area contributed by atoms with Gasteiger partial charge in [0.05, 0.1) is 10.6 Å². The van der Waals surface area contributed by atoms with E-state index >= 15 is 0 Å². The fraction of sp³-hybridized carbons (Fsp3) is 0.375. The fourth-order valence-corrected chi connectivity index (χ4v) is 6.56. The maximum Gasteiger partial charge on any atom is 0.263 e. The number of hydrogen-bond acceptors (Lipinski definition) is 7.